The van der Waals surface area contributed by atoms with Crippen LogP contribution < -0.4 is 27.4 Å². The molecule has 4 N–H and O–H groups in total. The van der Waals surface area contributed by atoms with E-state index in [4.69, 9.17) is 17.0 Å². The Morgan fingerprint density at radius 1 is 1.19 bits per heavy atom. The third-order valence-electron chi connectivity index (χ3n) is 5.38. The molecule has 0 saturated heterocycles. The topological polar surface area (TPSA) is 137 Å². The first-order valence-corrected chi connectivity index (χ1v) is 11.1. The van der Waals surface area contributed by atoms with Crippen molar-refractivity contribution < 1.29 is 18.0 Å². The summed E-state index contributed by atoms with van der Waals surface area (Å²) in [5.41, 5.74) is 1.63. The van der Waals surface area contributed by atoms with E-state index in [1.807, 2.05) is 0 Å². The van der Waals surface area contributed by atoms with Crippen LogP contribution in [0.15, 0.2) is 56.4 Å². The molecule has 0 radical (unpaired) electrons. The minimum atomic E-state index is -1.42. The zero-order valence-corrected chi connectivity index (χ0v) is 20.2. The number of anilines is 1. The molecule has 2 heterocycles. The lowest BCUT2D eigenvalue weighted by molar-refractivity contribution is -0.117. The number of benzene rings is 1. The second-order valence-electron chi connectivity index (χ2n) is 8.23. The van der Waals surface area contributed by atoms with E-state index >= 15 is 0 Å². The Morgan fingerprint density at radius 3 is 2.59 bits per heavy atom. The van der Waals surface area contributed by atoms with E-state index < -0.39 is 59.2 Å². The quantitative estimate of drug-likeness (QED) is 0.247. The Bertz CT molecular complexity index is 1530. The summed E-state index contributed by atoms with van der Waals surface area (Å²) >= 11 is 6.38. The lowest BCUT2D eigenvalue weighted by Crippen LogP contribution is -2.46. The van der Waals surface area contributed by atoms with Crippen LogP contribution in [0.1, 0.15) is 12.5 Å². The highest BCUT2D eigenvalue weighted by Crippen LogP contribution is 2.29. The maximum absolute atomic E-state index is 14.4. The van der Waals surface area contributed by atoms with Crippen molar-refractivity contribution in [3.8, 4) is 0 Å². The number of nitrogens with one attached hydrogen (secondary N) is 4. The number of hydrogen-bond donors (Lipinski definition) is 4. The van der Waals surface area contributed by atoms with E-state index in [-0.39, 0.29) is 22.7 Å². The molecule has 194 valence electrons. The molecular weight excluding hydrogens is 517 g/mol. The van der Waals surface area contributed by atoms with Gasteiger partial charge in [0.1, 0.15) is 11.7 Å². The Balaban J connectivity index is 1.80. The second-order valence-corrected chi connectivity index (χ2v) is 8.64. The number of carbonyl (C=O) groups is 1. The van der Waals surface area contributed by atoms with Gasteiger partial charge < -0.3 is 15.6 Å². The molecule has 2 aromatic rings. The number of rotatable bonds is 6. The zero-order chi connectivity index (χ0) is 27.0. The minimum absolute atomic E-state index is 0.206. The van der Waals surface area contributed by atoms with Gasteiger partial charge in [0.2, 0.25) is 11.9 Å². The van der Waals surface area contributed by atoms with Crippen molar-refractivity contribution in [1.29, 1.82) is 5.41 Å². The first kappa shape index (κ1) is 25.9. The summed E-state index contributed by atoms with van der Waals surface area (Å²) in [5.74, 6) is -5.33. The predicted molar refractivity (Wildman–Crippen MR) is 128 cm³/mol. The number of nitrogens with zero attached hydrogens (tertiary/aromatic N) is 4. The fourth-order valence-electron chi connectivity index (χ4n) is 3.75. The van der Waals surface area contributed by atoms with Crippen molar-refractivity contribution in [2.45, 2.75) is 26.1 Å². The number of hydrogen-bond acceptors (Lipinski definition) is 8. The molecule has 0 saturated carbocycles. The summed E-state index contributed by atoms with van der Waals surface area (Å²) in [6.45, 7) is -0.171. The van der Waals surface area contributed by atoms with Crippen molar-refractivity contribution in [1.82, 2.24) is 29.9 Å². The number of halogens is 4. The first-order chi connectivity index (χ1) is 17.4. The van der Waals surface area contributed by atoms with Gasteiger partial charge in [-0.05, 0) is 23.8 Å². The normalized spacial score (nSPS) is 16.5. The van der Waals surface area contributed by atoms with Gasteiger partial charge in [0.15, 0.2) is 11.6 Å². The molecule has 2 aliphatic rings. The number of allylic oxidation sites excluding steroid dienone is 1. The number of hydrazine groups is 1. The van der Waals surface area contributed by atoms with E-state index in [0.29, 0.717) is 16.7 Å². The molecule has 1 atom stereocenters. The van der Waals surface area contributed by atoms with E-state index in [1.54, 1.807) is 30.4 Å². The average Bonchev–Trinajstić information content (AvgIpc) is 3.15. The third kappa shape index (κ3) is 5.49. The molecule has 0 fully saturated rings. The van der Waals surface area contributed by atoms with Crippen molar-refractivity contribution >= 4 is 29.3 Å². The van der Waals surface area contributed by atoms with Gasteiger partial charge >= 0.3 is 11.4 Å². The number of amidine groups is 1. The van der Waals surface area contributed by atoms with Crippen LogP contribution in [-0.4, -0.2) is 44.0 Å². The van der Waals surface area contributed by atoms with Gasteiger partial charge in [-0.3, -0.25) is 14.8 Å². The molecule has 1 amide bonds. The molecule has 0 bridgehead atoms. The summed E-state index contributed by atoms with van der Waals surface area (Å²) in [5, 5.41) is 14.7. The molecule has 1 aromatic carbocycles. The molecule has 1 unspecified atom stereocenters. The van der Waals surface area contributed by atoms with Crippen molar-refractivity contribution in [2.24, 2.45) is 0 Å². The summed E-state index contributed by atoms with van der Waals surface area (Å²) < 4.78 is 43.1. The molecular formula is C22H20ClF3N8O3. The largest absolute Gasteiger partial charge is 0.355 e. The number of amides is 1. The molecule has 0 spiro atoms. The smallest absolute Gasteiger partial charge is 0.324 e. The SMILES string of the molecule is CC(=O)NC(=N)Cn1c(=O)nc(NC2=CC3=CN(C)NC3C=C2Cl)n(Cc2cc(F)c(F)cc2F)c1=O. The highest BCUT2D eigenvalue weighted by Gasteiger charge is 2.26. The van der Waals surface area contributed by atoms with Gasteiger partial charge in [-0.2, -0.15) is 4.98 Å². The van der Waals surface area contributed by atoms with Crippen LogP contribution in [0, 0.1) is 22.9 Å². The molecule has 15 heteroatoms. The Morgan fingerprint density at radius 2 is 1.89 bits per heavy atom. The molecule has 1 aliphatic carbocycles. The summed E-state index contributed by atoms with van der Waals surface area (Å²) in [6.07, 6.45) is 5.11. The molecule has 1 aromatic heterocycles. The number of aromatic nitrogens is 3. The number of fused-ring (bicyclic) bond motifs is 1. The van der Waals surface area contributed by atoms with Crippen LogP contribution in [0.25, 0.3) is 0 Å². The van der Waals surface area contributed by atoms with E-state index in [2.05, 4.69) is 21.0 Å². The average molecular weight is 537 g/mol. The summed E-state index contributed by atoms with van der Waals surface area (Å²) in [7, 11) is 1.78. The zero-order valence-electron chi connectivity index (χ0n) is 19.4. The van der Waals surface area contributed by atoms with Crippen LogP contribution >= 0.6 is 11.6 Å². The molecule has 11 nitrogen and oxygen atoms in total. The fourth-order valence-corrected chi connectivity index (χ4v) is 3.98. The maximum atomic E-state index is 14.4. The van der Waals surface area contributed by atoms with Gasteiger partial charge in [0.25, 0.3) is 0 Å². The van der Waals surface area contributed by atoms with Gasteiger partial charge in [-0.1, -0.05) is 11.6 Å². The Labute approximate surface area is 212 Å². The fraction of sp³-hybridized carbons (Fsp3) is 0.227. The standard InChI is InChI=1S/C22H20ClF3N8O3/c1-10(35)28-19(27)9-34-21(36)30-20(29-18-4-12-7-32(2)31-17(12)5-13(18)23)33(22(34)37)8-11-3-15(25)16(26)6-14(11)24/h3-7,17,31H,8-9H2,1-2H3,(H2,27,28,35)(H,29,30,36). The lowest BCUT2D eigenvalue weighted by atomic mass is 10.0. The van der Waals surface area contributed by atoms with Crippen molar-refractivity contribution in [2.75, 3.05) is 12.4 Å². The van der Waals surface area contributed by atoms with E-state index in [0.717, 1.165) is 17.1 Å². The van der Waals surface area contributed by atoms with E-state index in [1.165, 1.54) is 0 Å². The first-order valence-electron chi connectivity index (χ1n) is 10.7. The third-order valence-corrected chi connectivity index (χ3v) is 5.71. The van der Waals surface area contributed by atoms with Crippen molar-refractivity contribution in [3.05, 3.63) is 90.8 Å². The Kier molecular flexibility index (Phi) is 7.05. The van der Waals surface area contributed by atoms with Crippen LogP contribution in [0.5, 0.6) is 0 Å². The van der Waals surface area contributed by atoms with E-state index in [9.17, 15) is 27.6 Å². The van der Waals surface area contributed by atoms with Crippen LogP contribution in [0.4, 0.5) is 19.1 Å². The minimum Gasteiger partial charge on any atom is -0.324 e. The van der Waals surface area contributed by atoms with Crippen LogP contribution in [-0.2, 0) is 17.9 Å². The second kappa shape index (κ2) is 10.1. The highest BCUT2D eigenvalue weighted by molar-refractivity contribution is 6.32. The summed E-state index contributed by atoms with van der Waals surface area (Å²) in [6, 6.07) is 0.707. The van der Waals surface area contributed by atoms with Gasteiger partial charge in [0.05, 0.1) is 29.9 Å². The molecule has 1 aliphatic heterocycles. The number of carbonyl (C=O) groups excluding carboxylic acids is 1. The molecule has 4 rings (SSSR count). The van der Waals surface area contributed by atoms with Crippen LogP contribution in [0.2, 0.25) is 0 Å². The van der Waals surface area contributed by atoms with Crippen LogP contribution in [0.3, 0.4) is 0 Å². The predicted octanol–water partition coefficient (Wildman–Crippen LogP) is 1.12. The van der Waals surface area contributed by atoms with Gasteiger partial charge in [-0.25, -0.2) is 32.8 Å². The Hall–Kier alpha value is -4.17. The van der Waals surface area contributed by atoms with Gasteiger partial charge in [-0.15, -0.1) is 0 Å². The summed E-state index contributed by atoms with van der Waals surface area (Å²) in [4.78, 5) is 41.1. The highest BCUT2D eigenvalue weighted by atomic mass is 35.5. The van der Waals surface area contributed by atoms with Crippen molar-refractivity contribution in [3.63, 3.8) is 0 Å². The lowest BCUT2D eigenvalue weighted by Gasteiger charge is -2.21. The molecule has 37 heavy (non-hydrogen) atoms. The maximum Gasteiger partial charge on any atom is 0.355 e. The van der Waals surface area contributed by atoms with Gasteiger partial charge in [0, 0.05) is 31.8 Å². The monoisotopic (exact) mass is 536 g/mol.